The van der Waals surface area contributed by atoms with E-state index in [-0.39, 0.29) is 11.4 Å². The molecule has 0 saturated carbocycles. The van der Waals surface area contributed by atoms with Crippen LogP contribution in [0.1, 0.15) is 26.2 Å². The fourth-order valence-corrected chi connectivity index (χ4v) is 2.75. The van der Waals surface area contributed by atoms with E-state index in [0.717, 1.165) is 38.0 Å². The molecule has 0 radical (unpaired) electrons. The lowest BCUT2D eigenvalue weighted by Crippen LogP contribution is -2.34. The van der Waals surface area contributed by atoms with Crippen molar-refractivity contribution in [2.24, 2.45) is 5.92 Å². The summed E-state index contributed by atoms with van der Waals surface area (Å²) in [6.07, 6.45) is 3.32. The van der Waals surface area contributed by atoms with Crippen molar-refractivity contribution >= 4 is 17.1 Å². The number of nitro groups is 2. The molecular weight excluding hydrogens is 300 g/mol. The summed E-state index contributed by atoms with van der Waals surface area (Å²) in [4.78, 5) is 22.9. The molecule has 0 spiro atoms. The summed E-state index contributed by atoms with van der Waals surface area (Å²) in [5.74, 6) is 0.798. The number of anilines is 1. The summed E-state index contributed by atoms with van der Waals surface area (Å²) in [6.45, 7) is 6.05. The van der Waals surface area contributed by atoms with Crippen LogP contribution in [0.4, 0.5) is 17.1 Å². The van der Waals surface area contributed by atoms with Gasteiger partial charge in [-0.1, -0.05) is 6.92 Å². The maximum Gasteiger partial charge on any atom is 0.299 e. The third-order valence-corrected chi connectivity index (χ3v) is 4.23. The second kappa shape index (κ2) is 7.87. The zero-order chi connectivity index (χ0) is 16.8. The molecule has 8 heteroatoms. The minimum absolute atomic E-state index is 0.258. The highest BCUT2D eigenvalue weighted by Gasteiger charge is 2.19. The van der Waals surface area contributed by atoms with Gasteiger partial charge >= 0.3 is 0 Å². The number of nitrogens with one attached hydrogen (secondary N) is 1. The Morgan fingerprint density at radius 1 is 1.22 bits per heavy atom. The van der Waals surface area contributed by atoms with E-state index in [2.05, 4.69) is 17.1 Å². The Kier molecular flexibility index (Phi) is 5.86. The van der Waals surface area contributed by atoms with Crippen LogP contribution in [-0.4, -0.2) is 40.9 Å². The van der Waals surface area contributed by atoms with Crippen molar-refractivity contribution in [3.63, 3.8) is 0 Å². The summed E-state index contributed by atoms with van der Waals surface area (Å²) >= 11 is 0. The standard InChI is InChI=1S/C15H22N4O4/c1-12-5-9-17(10-6-12)8-2-7-16-14-4-3-13(18(20)21)11-15(14)19(22)23/h3-4,11-12,16H,2,5-10H2,1H3. The summed E-state index contributed by atoms with van der Waals surface area (Å²) in [7, 11) is 0. The smallest absolute Gasteiger partial charge is 0.299 e. The molecule has 0 atom stereocenters. The Morgan fingerprint density at radius 3 is 2.52 bits per heavy atom. The molecule has 1 aromatic rings. The lowest BCUT2D eigenvalue weighted by molar-refractivity contribution is -0.393. The second-order valence-corrected chi connectivity index (χ2v) is 6.02. The molecule has 1 aliphatic rings. The minimum atomic E-state index is -0.631. The molecule has 1 N–H and O–H groups in total. The number of non-ortho nitro benzene ring substituents is 1. The van der Waals surface area contributed by atoms with Gasteiger partial charge in [-0.15, -0.1) is 0 Å². The molecule has 1 saturated heterocycles. The Hall–Kier alpha value is -2.22. The van der Waals surface area contributed by atoms with E-state index in [9.17, 15) is 20.2 Å². The first-order chi connectivity index (χ1) is 11.0. The number of hydrogen-bond acceptors (Lipinski definition) is 6. The van der Waals surface area contributed by atoms with Gasteiger partial charge in [0.05, 0.1) is 15.9 Å². The highest BCUT2D eigenvalue weighted by atomic mass is 16.6. The van der Waals surface area contributed by atoms with Gasteiger partial charge in [0.25, 0.3) is 11.4 Å². The molecule has 1 aromatic carbocycles. The fourth-order valence-electron chi connectivity index (χ4n) is 2.75. The third-order valence-electron chi connectivity index (χ3n) is 4.23. The van der Waals surface area contributed by atoms with Gasteiger partial charge in [0.2, 0.25) is 0 Å². The molecule has 0 bridgehead atoms. The molecule has 23 heavy (non-hydrogen) atoms. The van der Waals surface area contributed by atoms with Crippen molar-refractivity contribution in [2.75, 3.05) is 31.5 Å². The van der Waals surface area contributed by atoms with Crippen LogP contribution in [0.3, 0.4) is 0 Å². The summed E-state index contributed by atoms with van der Waals surface area (Å²) < 4.78 is 0. The van der Waals surface area contributed by atoms with Gasteiger partial charge in [-0.25, -0.2) is 0 Å². The van der Waals surface area contributed by atoms with Crippen molar-refractivity contribution in [3.8, 4) is 0 Å². The Morgan fingerprint density at radius 2 is 1.91 bits per heavy atom. The first-order valence-electron chi connectivity index (χ1n) is 7.86. The Labute approximate surface area is 134 Å². The van der Waals surface area contributed by atoms with E-state index in [1.165, 1.54) is 25.0 Å². The van der Waals surface area contributed by atoms with Crippen LogP contribution >= 0.6 is 0 Å². The maximum atomic E-state index is 11.0. The topological polar surface area (TPSA) is 102 Å². The van der Waals surface area contributed by atoms with Gasteiger partial charge in [-0.05, 0) is 50.9 Å². The lowest BCUT2D eigenvalue weighted by Gasteiger charge is -2.30. The van der Waals surface area contributed by atoms with Gasteiger partial charge in [0, 0.05) is 12.6 Å². The average molecular weight is 322 g/mol. The number of nitro benzene ring substituents is 2. The number of nitrogens with zero attached hydrogens (tertiary/aromatic N) is 3. The summed E-state index contributed by atoms with van der Waals surface area (Å²) in [6, 6.07) is 3.68. The monoisotopic (exact) mass is 322 g/mol. The maximum absolute atomic E-state index is 11.0. The van der Waals surface area contributed by atoms with Crippen molar-refractivity contribution in [2.45, 2.75) is 26.2 Å². The van der Waals surface area contributed by atoms with E-state index < -0.39 is 9.85 Å². The van der Waals surface area contributed by atoms with E-state index in [0.29, 0.717) is 12.2 Å². The van der Waals surface area contributed by atoms with Gasteiger partial charge in [-0.2, -0.15) is 0 Å². The molecule has 126 valence electrons. The van der Waals surface area contributed by atoms with Gasteiger partial charge in [0.1, 0.15) is 5.69 Å². The van der Waals surface area contributed by atoms with Gasteiger partial charge < -0.3 is 10.2 Å². The van der Waals surface area contributed by atoms with E-state index in [1.807, 2.05) is 0 Å². The summed E-state index contributed by atoms with van der Waals surface area (Å²) in [5, 5.41) is 24.8. The molecule has 1 aliphatic heterocycles. The Balaban J connectivity index is 1.85. The number of benzene rings is 1. The van der Waals surface area contributed by atoms with E-state index >= 15 is 0 Å². The number of piperidine rings is 1. The highest BCUT2D eigenvalue weighted by molar-refractivity contribution is 5.65. The first-order valence-corrected chi connectivity index (χ1v) is 7.86. The molecule has 1 heterocycles. The van der Waals surface area contributed by atoms with Crippen LogP contribution < -0.4 is 5.32 Å². The second-order valence-electron chi connectivity index (χ2n) is 6.02. The zero-order valence-electron chi connectivity index (χ0n) is 13.2. The van der Waals surface area contributed by atoms with Crippen molar-refractivity contribution in [1.82, 2.24) is 4.90 Å². The SMILES string of the molecule is CC1CCN(CCCNc2ccc([N+](=O)[O-])cc2[N+](=O)[O-])CC1. The molecule has 0 unspecified atom stereocenters. The molecule has 0 aromatic heterocycles. The van der Waals surface area contributed by atoms with Crippen LogP contribution in [-0.2, 0) is 0 Å². The molecule has 0 aliphatic carbocycles. The minimum Gasteiger partial charge on any atom is -0.379 e. The van der Waals surface area contributed by atoms with E-state index in [1.54, 1.807) is 0 Å². The summed E-state index contributed by atoms with van der Waals surface area (Å²) in [5.41, 5.74) is -0.205. The fraction of sp³-hybridized carbons (Fsp3) is 0.600. The van der Waals surface area contributed by atoms with Crippen LogP contribution in [0.15, 0.2) is 18.2 Å². The largest absolute Gasteiger partial charge is 0.379 e. The Bertz CT molecular complexity index is 571. The number of likely N-dealkylation sites (tertiary alicyclic amines) is 1. The quantitative estimate of drug-likeness (QED) is 0.470. The van der Waals surface area contributed by atoms with Gasteiger partial charge in [-0.3, -0.25) is 20.2 Å². The molecule has 0 amide bonds. The molecule has 1 fully saturated rings. The molecule has 2 rings (SSSR count). The van der Waals surface area contributed by atoms with Crippen LogP contribution in [0, 0.1) is 26.1 Å². The van der Waals surface area contributed by atoms with Crippen LogP contribution in [0.5, 0.6) is 0 Å². The van der Waals surface area contributed by atoms with Crippen LogP contribution in [0.25, 0.3) is 0 Å². The number of hydrogen-bond donors (Lipinski definition) is 1. The number of rotatable bonds is 7. The van der Waals surface area contributed by atoms with Crippen molar-refractivity contribution in [1.29, 1.82) is 0 Å². The third kappa shape index (κ3) is 4.88. The van der Waals surface area contributed by atoms with Gasteiger partial charge in [0.15, 0.2) is 0 Å². The molecule has 8 nitrogen and oxygen atoms in total. The van der Waals surface area contributed by atoms with Crippen molar-refractivity contribution in [3.05, 3.63) is 38.4 Å². The lowest BCUT2D eigenvalue weighted by atomic mass is 9.99. The normalized spacial score (nSPS) is 16.2. The zero-order valence-corrected chi connectivity index (χ0v) is 13.2. The highest BCUT2D eigenvalue weighted by Crippen LogP contribution is 2.28. The molecular formula is C15H22N4O4. The van der Waals surface area contributed by atoms with Crippen molar-refractivity contribution < 1.29 is 9.85 Å². The average Bonchev–Trinajstić information content (AvgIpc) is 2.53. The van der Waals surface area contributed by atoms with Crippen LogP contribution in [0.2, 0.25) is 0 Å². The predicted molar refractivity (Wildman–Crippen MR) is 87.7 cm³/mol. The predicted octanol–water partition coefficient (Wildman–Crippen LogP) is 3.04. The first kappa shape index (κ1) is 17.1. The van der Waals surface area contributed by atoms with E-state index in [4.69, 9.17) is 0 Å².